The maximum Gasteiger partial charge on any atom is 0.311 e. The fourth-order valence-electron chi connectivity index (χ4n) is 4.33. The van der Waals surface area contributed by atoms with Crippen molar-refractivity contribution in [1.29, 1.82) is 0 Å². The highest BCUT2D eigenvalue weighted by molar-refractivity contribution is 6.13. The predicted molar refractivity (Wildman–Crippen MR) is 143 cm³/mol. The van der Waals surface area contributed by atoms with Gasteiger partial charge in [-0.2, -0.15) is 5.10 Å². The number of hydrogen-bond donors (Lipinski definition) is 1. The number of hydrazone groups is 1. The molecule has 0 aliphatic heterocycles. The lowest BCUT2D eigenvalue weighted by Crippen LogP contribution is -2.19. The quantitative estimate of drug-likeness (QED) is 0.192. The van der Waals surface area contributed by atoms with Crippen molar-refractivity contribution in [3.05, 3.63) is 127 Å². The molecule has 6 rings (SSSR count). The number of benzene rings is 5. The Hall–Kier alpha value is -5.10. The minimum atomic E-state index is -0.484. The molecule has 6 heteroatoms. The molecule has 1 amide bonds. The minimum absolute atomic E-state index is 0.0395. The second-order valence-corrected chi connectivity index (χ2v) is 8.30. The van der Waals surface area contributed by atoms with Crippen LogP contribution in [0.1, 0.15) is 16.2 Å². The summed E-state index contributed by atoms with van der Waals surface area (Å²) < 4.78 is 1.67. The van der Waals surface area contributed by atoms with Crippen LogP contribution in [0.3, 0.4) is 0 Å². The smallest absolute Gasteiger partial charge is 0.264 e. The van der Waals surface area contributed by atoms with Crippen LogP contribution in [0.15, 0.2) is 120 Å². The second kappa shape index (κ2) is 9.27. The lowest BCUT2D eigenvalue weighted by molar-refractivity contribution is 0.0945. The molecule has 6 nitrogen and oxygen atoms in total. The highest BCUT2D eigenvalue weighted by Gasteiger charge is 2.18. The van der Waals surface area contributed by atoms with Crippen LogP contribution in [0.5, 0.6) is 0 Å². The molecule has 1 heterocycles. The molecule has 1 aromatic heterocycles. The van der Waals surface area contributed by atoms with Crippen LogP contribution in [0, 0.1) is 0 Å². The standard InChI is InChI=1S/C30H21N5O/c36-30(28-32-29(21-11-3-1-4-12-21)35(34-28)24-15-5-2-6-16-24)33-31-20-27-25-17-9-7-13-22(25)19-23-14-8-10-18-26(23)27/h1-20H,(H,33,36)/b31-20+. The van der Waals surface area contributed by atoms with E-state index in [1.165, 1.54) is 0 Å². The van der Waals surface area contributed by atoms with Gasteiger partial charge in [0.15, 0.2) is 5.82 Å². The number of aromatic nitrogens is 3. The Kier molecular flexibility index (Phi) is 5.52. The van der Waals surface area contributed by atoms with Crippen molar-refractivity contribution in [2.24, 2.45) is 5.10 Å². The monoisotopic (exact) mass is 467 g/mol. The number of rotatable bonds is 5. The molecule has 1 N–H and O–H groups in total. The molecule has 6 aromatic rings. The number of nitrogens with one attached hydrogen (secondary N) is 1. The first-order valence-electron chi connectivity index (χ1n) is 11.6. The van der Waals surface area contributed by atoms with Gasteiger partial charge in [0.1, 0.15) is 0 Å². The van der Waals surface area contributed by atoms with Crippen molar-refractivity contribution in [2.45, 2.75) is 0 Å². The Balaban J connectivity index is 1.35. The summed E-state index contributed by atoms with van der Waals surface area (Å²) in [5.74, 6) is 0.135. The number of carbonyl (C=O) groups excluding carboxylic acids is 1. The fourth-order valence-corrected chi connectivity index (χ4v) is 4.33. The first-order chi connectivity index (χ1) is 17.8. The van der Waals surface area contributed by atoms with Crippen molar-refractivity contribution < 1.29 is 4.79 Å². The number of carbonyl (C=O) groups is 1. The van der Waals surface area contributed by atoms with Gasteiger partial charge in [-0.15, -0.1) is 5.10 Å². The summed E-state index contributed by atoms with van der Waals surface area (Å²) in [7, 11) is 0. The van der Waals surface area contributed by atoms with E-state index in [1.807, 2.05) is 84.9 Å². The number of fused-ring (bicyclic) bond motifs is 2. The van der Waals surface area contributed by atoms with Gasteiger partial charge in [0.05, 0.1) is 11.9 Å². The predicted octanol–water partition coefficient (Wildman–Crippen LogP) is 6.00. The summed E-state index contributed by atoms with van der Waals surface area (Å²) >= 11 is 0. The molecule has 0 atom stereocenters. The van der Waals surface area contributed by atoms with Gasteiger partial charge in [-0.3, -0.25) is 4.79 Å². The number of para-hydroxylation sites is 1. The molecule has 0 unspecified atom stereocenters. The highest BCUT2D eigenvalue weighted by atomic mass is 16.2. The fraction of sp³-hybridized carbons (Fsp3) is 0. The van der Waals surface area contributed by atoms with Crippen LogP contribution in [0.25, 0.3) is 38.6 Å². The lowest BCUT2D eigenvalue weighted by atomic mass is 9.97. The van der Waals surface area contributed by atoms with Crippen LogP contribution in [-0.4, -0.2) is 26.9 Å². The van der Waals surface area contributed by atoms with Crippen LogP contribution in [-0.2, 0) is 0 Å². The van der Waals surface area contributed by atoms with E-state index in [1.54, 1.807) is 10.9 Å². The van der Waals surface area contributed by atoms with Gasteiger partial charge < -0.3 is 0 Å². The minimum Gasteiger partial charge on any atom is -0.264 e. The molecule has 0 aliphatic rings. The van der Waals surface area contributed by atoms with Crippen molar-refractivity contribution in [3.63, 3.8) is 0 Å². The van der Waals surface area contributed by atoms with Crippen molar-refractivity contribution in [3.8, 4) is 17.1 Å². The molecular weight excluding hydrogens is 446 g/mol. The Morgan fingerprint density at radius 2 is 1.33 bits per heavy atom. The third kappa shape index (κ3) is 4.01. The van der Waals surface area contributed by atoms with Gasteiger partial charge in [-0.1, -0.05) is 97.1 Å². The van der Waals surface area contributed by atoms with E-state index >= 15 is 0 Å². The molecule has 0 saturated carbocycles. The number of amides is 1. The zero-order valence-electron chi connectivity index (χ0n) is 19.2. The van der Waals surface area contributed by atoms with Crippen LogP contribution >= 0.6 is 0 Å². The first kappa shape index (κ1) is 21.4. The van der Waals surface area contributed by atoms with E-state index in [4.69, 9.17) is 0 Å². The zero-order valence-corrected chi connectivity index (χ0v) is 19.2. The van der Waals surface area contributed by atoms with Crippen LogP contribution in [0.2, 0.25) is 0 Å². The molecule has 0 bridgehead atoms. The average molecular weight is 468 g/mol. The summed E-state index contributed by atoms with van der Waals surface area (Å²) in [5, 5.41) is 13.1. The normalized spacial score (nSPS) is 11.3. The molecule has 0 spiro atoms. The van der Waals surface area contributed by atoms with Gasteiger partial charge in [0.25, 0.3) is 0 Å². The molecule has 172 valence electrons. The maximum atomic E-state index is 13.0. The highest BCUT2D eigenvalue weighted by Crippen LogP contribution is 2.27. The molecule has 0 radical (unpaired) electrons. The van der Waals surface area contributed by atoms with Crippen LogP contribution in [0.4, 0.5) is 0 Å². The molecule has 0 fully saturated rings. The summed E-state index contributed by atoms with van der Waals surface area (Å²) in [4.78, 5) is 17.6. The largest absolute Gasteiger partial charge is 0.311 e. The molecule has 5 aromatic carbocycles. The molecule has 0 aliphatic carbocycles. The number of nitrogens with zero attached hydrogens (tertiary/aromatic N) is 4. The van der Waals surface area contributed by atoms with Crippen molar-refractivity contribution >= 4 is 33.7 Å². The van der Waals surface area contributed by atoms with Gasteiger partial charge >= 0.3 is 5.91 Å². The van der Waals surface area contributed by atoms with Crippen LogP contribution < -0.4 is 5.43 Å². The van der Waals surface area contributed by atoms with E-state index in [-0.39, 0.29) is 5.82 Å². The Labute approximate surface area is 207 Å². The summed E-state index contributed by atoms with van der Waals surface area (Å²) in [6, 6.07) is 37.7. The Bertz CT molecular complexity index is 1610. The van der Waals surface area contributed by atoms with E-state index < -0.39 is 5.91 Å². The summed E-state index contributed by atoms with van der Waals surface area (Å²) in [6.07, 6.45) is 1.69. The third-order valence-corrected chi connectivity index (χ3v) is 6.02. The van der Waals surface area contributed by atoms with Crippen molar-refractivity contribution in [2.75, 3.05) is 0 Å². The molecule has 36 heavy (non-hydrogen) atoms. The van der Waals surface area contributed by atoms with Gasteiger partial charge in [0, 0.05) is 11.1 Å². The first-order valence-corrected chi connectivity index (χ1v) is 11.6. The van der Waals surface area contributed by atoms with E-state index in [0.29, 0.717) is 5.82 Å². The maximum absolute atomic E-state index is 13.0. The van der Waals surface area contributed by atoms with E-state index in [2.05, 4.69) is 50.9 Å². The second-order valence-electron chi connectivity index (χ2n) is 8.30. The van der Waals surface area contributed by atoms with E-state index in [0.717, 1.165) is 38.4 Å². The van der Waals surface area contributed by atoms with Gasteiger partial charge in [0.2, 0.25) is 5.82 Å². The lowest BCUT2D eigenvalue weighted by Gasteiger charge is -2.07. The number of hydrogen-bond acceptors (Lipinski definition) is 4. The Morgan fingerprint density at radius 3 is 2.00 bits per heavy atom. The summed E-state index contributed by atoms with van der Waals surface area (Å²) in [5.41, 5.74) is 5.23. The Morgan fingerprint density at radius 1 is 0.750 bits per heavy atom. The zero-order chi connectivity index (χ0) is 24.3. The van der Waals surface area contributed by atoms with Crippen molar-refractivity contribution in [1.82, 2.24) is 20.2 Å². The average Bonchev–Trinajstić information content (AvgIpc) is 3.39. The topological polar surface area (TPSA) is 72.2 Å². The van der Waals surface area contributed by atoms with E-state index in [9.17, 15) is 4.79 Å². The molecular formula is C30H21N5O. The summed E-state index contributed by atoms with van der Waals surface area (Å²) in [6.45, 7) is 0. The molecule has 0 saturated heterocycles. The third-order valence-electron chi connectivity index (χ3n) is 6.02. The van der Waals surface area contributed by atoms with Gasteiger partial charge in [-0.25, -0.2) is 15.1 Å². The van der Waals surface area contributed by atoms with Gasteiger partial charge in [-0.05, 0) is 39.7 Å². The SMILES string of the molecule is O=C(N/N=C/c1c2ccccc2cc2ccccc12)c1nc(-c2ccccc2)n(-c2ccccc2)n1.